The molecule has 1 aliphatic rings. The summed E-state index contributed by atoms with van der Waals surface area (Å²) in [6.07, 6.45) is 0.832. The van der Waals surface area contributed by atoms with E-state index in [0.717, 1.165) is 12.8 Å². The summed E-state index contributed by atoms with van der Waals surface area (Å²) < 4.78 is 4.98. The zero-order valence-corrected chi connectivity index (χ0v) is 6.86. The smallest absolute Gasteiger partial charge is 0.103 e. The van der Waals surface area contributed by atoms with Crippen LogP contribution in [-0.2, 0) is 4.74 Å². The molecule has 3 heteroatoms. The third kappa shape index (κ3) is 2.77. The molecule has 0 aromatic carbocycles. The summed E-state index contributed by atoms with van der Waals surface area (Å²) >= 11 is 0. The van der Waals surface area contributed by atoms with E-state index in [9.17, 15) is 10.2 Å². The highest BCUT2D eigenvalue weighted by Gasteiger charge is 2.34. The van der Waals surface area contributed by atoms with E-state index in [-0.39, 0.29) is 6.61 Å². The van der Waals surface area contributed by atoms with E-state index in [0.29, 0.717) is 12.5 Å². The van der Waals surface area contributed by atoms with Gasteiger partial charge in [0.1, 0.15) is 6.10 Å². The third-order valence-corrected chi connectivity index (χ3v) is 1.99. The monoisotopic (exact) mass is 160 g/mol. The van der Waals surface area contributed by atoms with Crippen LogP contribution in [0.25, 0.3) is 0 Å². The Morgan fingerprint density at radius 2 is 2.09 bits per heavy atom. The molecule has 0 amide bonds. The van der Waals surface area contributed by atoms with Crippen molar-refractivity contribution in [2.24, 2.45) is 5.92 Å². The lowest BCUT2D eigenvalue weighted by molar-refractivity contribution is -0.0438. The second kappa shape index (κ2) is 4.04. The fourth-order valence-corrected chi connectivity index (χ4v) is 1.09. The zero-order chi connectivity index (χ0) is 8.27. The minimum Gasteiger partial charge on any atom is -0.390 e. The average Bonchev–Trinajstić information content (AvgIpc) is 2.81. The van der Waals surface area contributed by atoms with Gasteiger partial charge in [0.05, 0.1) is 12.7 Å². The highest BCUT2D eigenvalue weighted by molar-refractivity contribution is 4.85. The first-order valence-corrected chi connectivity index (χ1v) is 4.19. The summed E-state index contributed by atoms with van der Waals surface area (Å²) in [6, 6.07) is 0. The Kier molecular flexibility index (Phi) is 3.30. The number of ether oxygens (including phenoxy) is 1. The van der Waals surface area contributed by atoms with Gasteiger partial charge in [-0.2, -0.15) is 0 Å². The maximum absolute atomic E-state index is 9.35. The van der Waals surface area contributed by atoms with Crippen LogP contribution in [0.15, 0.2) is 0 Å². The Balaban J connectivity index is 2.11. The highest BCUT2D eigenvalue weighted by Crippen LogP contribution is 2.33. The Labute approximate surface area is 67.0 Å². The van der Waals surface area contributed by atoms with Crippen molar-refractivity contribution in [2.45, 2.75) is 32.0 Å². The van der Waals surface area contributed by atoms with E-state index in [4.69, 9.17) is 4.74 Å². The molecule has 0 saturated heterocycles. The van der Waals surface area contributed by atoms with Gasteiger partial charge in [-0.15, -0.1) is 0 Å². The van der Waals surface area contributed by atoms with Crippen LogP contribution in [0, 0.1) is 5.92 Å². The molecular formula is C8H16O3. The molecule has 0 aliphatic heterocycles. The maximum Gasteiger partial charge on any atom is 0.103 e. The molecule has 0 aromatic rings. The molecule has 1 aliphatic carbocycles. The molecule has 1 rings (SSSR count). The molecule has 1 saturated carbocycles. The molecule has 0 radical (unpaired) electrons. The summed E-state index contributed by atoms with van der Waals surface area (Å²) in [5.41, 5.74) is 0. The second-order valence-electron chi connectivity index (χ2n) is 3.05. The van der Waals surface area contributed by atoms with Crippen molar-refractivity contribution < 1.29 is 14.9 Å². The van der Waals surface area contributed by atoms with Crippen LogP contribution < -0.4 is 0 Å². The number of hydrogen-bond donors (Lipinski definition) is 2. The first kappa shape index (κ1) is 8.97. The van der Waals surface area contributed by atoms with Crippen molar-refractivity contribution in [3.8, 4) is 0 Å². The van der Waals surface area contributed by atoms with Crippen LogP contribution in [0.5, 0.6) is 0 Å². The van der Waals surface area contributed by atoms with E-state index in [1.54, 1.807) is 0 Å². The predicted octanol–water partition coefficient (Wildman–Crippen LogP) is 0.155. The van der Waals surface area contributed by atoms with Gasteiger partial charge in [-0.05, 0) is 25.7 Å². The Morgan fingerprint density at radius 1 is 1.45 bits per heavy atom. The molecule has 0 heterocycles. The first-order chi connectivity index (χ1) is 5.25. The van der Waals surface area contributed by atoms with E-state index in [1.165, 1.54) is 0 Å². The Bertz CT molecular complexity index is 112. The zero-order valence-electron chi connectivity index (χ0n) is 6.86. The van der Waals surface area contributed by atoms with Gasteiger partial charge in [0, 0.05) is 6.61 Å². The number of aliphatic hydroxyl groups excluding tert-OH is 2. The van der Waals surface area contributed by atoms with Crippen LogP contribution in [0.4, 0.5) is 0 Å². The van der Waals surface area contributed by atoms with Crippen molar-refractivity contribution in [2.75, 3.05) is 13.2 Å². The van der Waals surface area contributed by atoms with Gasteiger partial charge in [0.15, 0.2) is 0 Å². The lowest BCUT2D eigenvalue weighted by Gasteiger charge is -2.16. The molecule has 2 unspecified atom stereocenters. The van der Waals surface area contributed by atoms with Crippen LogP contribution in [0.2, 0.25) is 0 Å². The molecular weight excluding hydrogens is 144 g/mol. The third-order valence-electron chi connectivity index (χ3n) is 1.99. The fraction of sp³-hybridized carbons (Fsp3) is 1.00. The molecule has 3 nitrogen and oxygen atoms in total. The van der Waals surface area contributed by atoms with Crippen LogP contribution >= 0.6 is 0 Å². The van der Waals surface area contributed by atoms with E-state index in [1.807, 2.05) is 6.92 Å². The molecule has 0 bridgehead atoms. The van der Waals surface area contributed by atoms with Gasteiger partial charge in [0.25, 0.3) is 0 Å². The predicted molar refractivity (Wildman–Crippen MR) is 41.2 cm³/mol. The van der Waals surface area contributed by atoms with Crippen molar-refractivity contribution in [3.63, 3.8) is 0 Å². The summed E-state index contributed by atoms with van der Waals surface area (Å²) in [4.78, 5) is 0. The molecule has 2 atom stereocenters. The van der Waals surface area contributed by atoms with Gasteiger partial charge in [-0.3, -0.25) is 0 Å². The number of rotatable bonds is 5. The molecule has 66 valence electrons. The number of hydrogen-bond acceptors (Lipinski definition) is 3. The van der Waals surface area contributed by atoms with Gasteiger partial charge >= 0.3 is 0 Å². The van der Waals surface area contributed by atoms with E-state index >= 15 is 0 Å². The molecule has 0 spiro atoms. The van der Waals surface area contributed by atoms with Gasteiger partial charge in [0.2, 0.25) is 0 Å². The van der Waals surface area contributed by atoms with Crippen molar-refractivity contribution in [3.05, 3.63) is 0 Å². The quantitative estimate of drug-likeness (QED) is 0.602. The van der Waals surface area contributed by atoms with Gasteiger partial charge in [-0.1, -0.05) is 0 Å². The van der Waals surface area contributed by atoms with E-state index in [2.05, 4.69) is 0 Å². The molecule has 0 aromatic heterocycles. The molecule has 1 fully saturated rings. The summed E-state index contributed by atoms with van der Waals surface area (Å²) in [5.74, 6) is 0.324. The summed E-state index contributed by atoms with van der Waals surface area (Å²) in [6.45, 7) is 2.72. The summed E-state index contributed by atoms with van der Waals surface area (Å²) in [7, 11) is 0. The first-order valence-electron chi connectivity index (χ1n) is 4.19. The van der Waals surface area contributed by atoms with Crippen LogP contribution in [0.3, 0.4) is 0 Å². The van der Waals surface area contributed by atoms with Crippen molar-refractivity contribution >= 4 is 0 Å². The van der Waals surface area contributed by atoms with Gasteiger partial charge < -0.3 is 14.9 Å². The highest BCUT2D eigenvalue weighted by atomic mass is 16.5. The average molecular weight is 160 g/mol. The Hall–Kier alpha value is -0.120. The largest absolute Gasteiger partial charge is 0.390 e. The minimum atomic E-state index is -0.692. The minimum absolute atomic E-state index is 0.258. The lowest BCUT2D eigenvalue weighted by atomic mass is 10.1. The fourth-order valence-electron chi connectivity index (χ4n) is 1.09. The topological polar surface area (TPSA) is 49.7 Å². The molecule has 2 N–H and O–H groups in total. The number of aliphatic hydroxyl groups is 2. The van der Waals surface area contributed by atoms with Crippen molar-refractivity contribution in [1.29, 1.82) is 0 Å². The second-order valence-corrected chi connectivity index (χ2v) is 3.05. The Morgan fingerprint density at radius 3 is 2.55 bits per heavy atom. The molecule has 11 heavy (non-hydrogen) atoms. The van der Waals surface area contributed by atoms with Gasteiger partial charge in [-0.25, -0.2) is 0 Å². The van der Waals surface area contributed by atoms with Crippen molar-refractivity contribution in [1.82, 2.24) is 0 Å². The lowest BCUT2D eigenvalue weighted by Crippen LogP contribution is -2.32. The normalized spacial score (nSPS) is 23.2. The maximum atomic E-state index is 9.35. The SMILES string of the molecule is CCOCC(O)C(O)C1CC1. The van der Waals surface area contributed by atoms with Crippen LogP contribution in [0.1, 0.15) is 19.8 Å². The van der Waals surface area contributed by atoms with Crippen LogP contribution in [-0.4, -0.2) is 35.6 Å². The van der Waals surface area contributed by atoms with E-state index < -0.39 is 12.2 Å². The summed E-state index contributed by atoms with van der Waals surface area (Å²) in [5, 5.41) is 18.6. The standard InChI is InChI=1S/C8H16O3/c1-2-11-5-7(9)8(10)6-3-4-6/h6-10H,2-5H2,1H3.